The van der Waals surface area contributed by atoms with Crippen molar-refractivity contribution in [3.05, 3.63) is 29.6 Å². The van der Waals surface area contributed by atoms with E-state index in [0.29, 0.717) is 11.7 Å². The number of anilines is 1. The fraction of sp³-hybridized carbons (Fsp3) is 0.500. The van der Waals surface area contributed by atoms with Crippen molar-refractivity contribution in [3.8, 4) is 0 Å². The topological polar surface area (TPSA) is 43.8 Å². The molecular weight excluding hydrogens is 247 g/mol. The first-order valence-corrected chi connectivity index (χ1v) is 6.44. The number of hydrogen-bond donors (Lipinski definition) is 1. The summed E-state index contributed by atoms with van der Waals surface area (Å²) in [6, 6.07) is 4.95. The lowest BCUT2D eigenvalue weighted by molar-refractivity contribution is 0.0692. The Labute approximate surface area is 112 Å². The molecule has 19 heavy (non-hydrogen) atoms. The van der Waals surface area contributed by atoms with Crippen molar-refractivity contribution in [1.29, 1.82) is 0 Å². The van der Waals surface area contributed by atoms with Crippen LogP contribution in [0.15, 0.2) is 18.2 Å². The predicted octanol–water partition coefficient (Wildman–Crippen LogP) is 2.05. The molecule has 2 rings (SSSR count). The number of nitrogens with zero attached hydrogens (tertiary/aromatic N) is 2. The highest BCUT2D eigenvalue weighted by Crippen LogP contribution is 2.27. The molecule has 0 aliphatic carbocycles. The summed E-state index contributed by atoms with van der Waals surface area (Å²) in [5.41, 5.74) is 0.274. The molecule has 0 unspecified atom stereocenters. The van der Waals surface area contributed by atoms with Gasteiger partial charge in [-0.2, -0.15) is 0 Å². The molecule has 4 nitrogen and oxygen atoms in total. The number of carbonyl (C=O) groups is 1. The maximum absolute atomic E-state index is 13.6. The monoisotopic (exact) mass is 266 g/mol. The number of halogens is 1. The Morgan fingerprint density at radius 3 is 2.53 bits per heavy atom. The summed E-state index contributed by atoms with van der Waals surface area (Å²) < 4.78 is 13.6. The van der Waals surface area contributed by atoms with Gasteiger partial charge in [0.15, 0.2) is 0 Å². The van der Waals surface area contributed by atoms with Gasteiger partial charge < -0.3 is 14.9 Å². The fourth-order valence-corrected chi connectivity index (χ4v) is 2.61. The van der Waals surface area contributed by atoms with Gasteiger partial charge in [0, 0.05) is 19.1 Å². The molecule has 1 heterocycles. The standard InChI is InChI=1S/C14H19FN2O2/c1-16(2)10-6-8-17(9-7-10)12-5-3-4-11(15)13(12)14(18)19/h3-5,10H,6-9H2,1-2H3,(H,18,19). The third kappa shape index (κ3) is 2.87. The molecule has 0 atom stereocenters. The van der Waals surface area contributed by atoms with Crippen molar-refractivity contribution in [2.24, 2.45) is 0 Å². The summed E-state index contributed by atoms with van der Waals surface area (Å²) in [6.07, 6.45) is 1.92. The summed E-state index contributed by atoms with van der Waals surface area (Å²) in [7, 11) is 4.09. The van der Waals surface area contributed by atoms with Crippen LogP contribution in [0.25, 0.3) is 0 Å². The zero-order chi connectivity index (χ0) is 14.0. The van der Waals surface area contributed by atoms with Crippen LogP contribution in [0.3, 0.4) is 0 Å². The second-order valence-corrected chi connectivity index (χ2v) is 5.12. The minimum Gasteiger partial charge on any atom is -0.478 e. The van der Waals surface area contributed by atoms with Crippen molar-refractivity contribution >= 4 is 11.7 Å². The van der Waals surface area contributed by atoms with E-state index in [1.165, 1.54) is 6.07 Å². The van der Waals surface area contributed by atoms with Crippen LogP contribution in [0.1, 0.15) is 23.2 Å². The molecule has 104 valence electrons. The molecule has 5 heteroatoms. The first kappa shape index (κ1) is 13.8. The molecule has 1 aliphatic heterocycles. The van der Waals surface area contributed by atoms with Gasteiger partial charge in [0.1, 0.15) is 11.4 Å². The minimum atomic E-state index is -1.21. The molecule has 1 aromatic carbocycles. The van der Waals surface area contributed by atoms with Crippen LogP contribution >= 0.6 is 0 Å². The SMILES string of the molecule is CN(C)C1CCN(c2cccc(F)c2C(=O)O)CC1. The molecule has 0 amide bonds. The number of rotatable bonds is 3. The van der Waals surface area contributed by atoms with Gasteiger partial charge in [-0.3, -0.25) is 0 Å². The van der Waals surface area contributed by atoms with Gasteiger partial charge in [-0.05, 0) is 39.1 Å². The predicted molar refractivity (Wildman–Crippen MR) is 72.3 cm³/mol. The molecule has 0 aromatic heterocycles. The van der Waals surface area contributed by atoms with E-state index in [1.807, 2.05) is 19.0 Å². The summed E-state index contributed by atoms with van der Waals surface area (Å²) >= 11 is 0. The van der Waals surface area contributed by atoms with Crippen LogP contribution in [0.4, 0.5) is 10.1 Å². The maximum atomic E-state index is 13.6. The molecule has 1 saturated heterocycles. The van der Waals surface area contributed by atoms with E-state index in [4.69, 9.17) is 5.11 Å². The minimum absolute atomic E-state index is 0.217. The lowest BCUT2D eigenvalue weighted by Crippen LogP contribution is -2.42. The van der Waals surface area contributed by atoms with Crippen molar-refractivity contribution in [1.82, 2.24) is 4.90 Å². The van der Waals surface area contributed by atoms with Gasteiger partial charge in [-0.1, -0.05) is 6.07 Å². The maximum Gasteiger partial charge on any atom is 0.340 e. The second kappa shape index (κ2) is 5.57. The first-order chi connectivity index (χ1) is 9.00. The van der Waals surface area contributed by atoms with Gasteiger partial charge in [0.05, 0.1) is 5.69 Å². The Bertz CT molecular complexity index is 469. The Kier molecular flexibility index (Phi) is 4.04. The van der Waals surface area contributed by atoms with E-state index >= 15 is 0 Å². The van der Waals surface area contributed by atoms with Crippen molar-refractivity contribution < 1.29 is 14.3 Å². The van der Waals surface area contributed by atoms with E-state index < -0.39 is 11.8 Å². The molecule has 1 N–H and O–H groups in total. The average Bonchev–Trinajstić information content (AvgIpc) is 2.38. The Morgan fingerprint density at radius 1 is 1.37 bits per heavy atom. The highest BCUT2D eigenvalue weighted by molar-refractivity contribution is 5.94. The number of carboxylic acid groups (broad SMARTS) is 1. The molecule has 0 spiro atoms. The van der Waals surface area contributed by atoms with Gasteiger partial charge >= 0.3 is 5.97 Å². The molecule has 1 aliphatic rings. The fourth-order valence-electron chi connectivity index (χ4n) is 2.61. The van der Waals surface area contributed by atoms with E-state index in [9.17, 15) is 9.18 Å². The Balaban J connectivity index is 2.20. The van der Waals surface area contributed by atoms with Crippen LogP contribution < -0.4 is 4.90 Å². The molecular formula is C14H19FN2O2. The van der Waals surface area contributed by atoms with Gasteiger partial charge in [-0.15, -0.1) is 0 Å². The molecule has 0 saturated carbocycles. The number of benzene rings is 1. The quantitative estimate of drug-likeness (QED) is 0.909. The van der Waals surface area contributed by atoms with E-state index in [-0.39, 0.29) is 5.56 Å². The molecule has 1 aromatic rings. The second-order valence-electron chi connectivity index (χ2n) is 5.12. The van der Waals surface area contributed by atoms with Gasteiger partial charge in [0.2, 0.25) is 0 Å². The third-order valence-corrected chi connectivity index (χ3v) is 3.74. The van der Waals surface area contributed by atoms with Crippen molar-refractivity contribution in [2.45, 2.75) is 18.9 Å². The zero-order valence-corrected chi connectivity index (χ0v) is 11.3. The summed E-state index contributed by atoms with van der Waals surface area (Å²) in [4.78, 5) is 15.3. The average molecular weight is 266 g/mol. The lowest BCUT2D eigenvalue weighted by atomic mass is 10.0. The van der Waals surface area contributed by atoms with Crippen LogP contribution in [0.5, 0.6) is 0 Å². The number of piperidine rings is 1. The van der Waals surface area contributed by atoms with Gasteiger partial charge in [-0.25, -0.2) is 9.18 Å². The normalized spacial score (nSPS) is 16.9. The zero-order valence-electron chi connectivity index (χ0n) is 11.3. The highest BCUT2D eigenvalue weighted by Gasteiger charge is 2.25. The number of carboxylic acids is 1. The number of aromatic carboxylic acids is 1. The van der Waals surface area contributed by atoms with Crippen LogP contribution in [-0.4, -0.2) is 49.2 Å². The van der Waals surface area contributed by atoms with E-state index in [2.05, 4.69) is 4.90 Å². The smallest absolute Gasteiger partial charge is 0.340 e. The van der Waals surface area contributed by atoms with E-state index in [0.717, 1.165) is 25.9 Å². The summed E-state index contributed by atoms with van der Waals surface area (Å²) in [6.45, 7) is 1.51. The molecule has 0 radical (unpaired) electrons. The van der Waals surface area contributed by atoms with Crippen molar-refractivity contribution in [3.63, 3.8) is 0 Å². The number of hydrogen-bond acceptors (Lipinski definition) is 3. The van der Waals surface area contributed by atoms with E-state index in [1.54, 1.807) is 12.1 Å². The third-order valence-electron chi connectivity index (χ3n) is 3.74. The summed E-state index contributed by atoms with van der Waals surface area (Å²) in [5.74, 6) is -1.87. The van der Waals surface area contributed by atoms with Crippen LogP contribution in [0.2, 0.25) is 0 Å². The molecule has 1 fully saturated rings. The van der Waals surface area contributed by atoms with Crippen molar-refractivity contribution in [2.75, 3.05) is 32.1 Å². The molecule has 0 bridgehead atoms. The lowest BCUT2D eigenvalue weighted by Gasteiger charge is -2.37. The highest BCUT2D eigenvalue weighted by atomic mass is 19.1. The first-order valence-electron chi connectivity index (χ1n) is 6.44. The largest absolute Gasteiger partial charge is 0.478 e. The van der Waals surface area contributed by atoms with Crippen LogP contribution in [0, 0.1) is 5.82 Å². The Morgan fingerprint density at radius 2 is 2.00 bits per heavy atom. The Hall–Kier alpha value is -1.62. The van der Waals surface area contributed by atoms with Crippen LogP contribution in [-0.2, 0) is 0 Å². The van der Waals surface area contributed by atoms with Gasteiger partial charge in [0.25, 0.3) is 0 Å². The summed E-state index contributed by atoms with van der Waals surface area (Å²) in [5, 5.41) is 9.14.